The zero-order chi connectivity index (χ0) is 20.9. The monoisotopic (exact) mass is 416 g/mol. The maximum absolute atomic E-state index is 14.5. The van der Waals surface area contributed by atoms with E-state index in [1.165, 1.54) is 4.90 Å². The second-order valence-electron chi connectivity index (χ2n) is 8.00. The summed E-state index contributed by atoms with van der Waals surface area (Å²) >= 11 is 5.89. The summed E-state index contributed by atoms with van der Waals surface area (Å²) in [6.45, 7) is 5.64. The first-order valence-corrected chi connectivity index (χ1v) is 9.75. The lowest BCUT2D eigenvalue weighted by molar-refractivity contribution is -0.156. The van der Waals surface area contributed by atoms with Gasteiger partial charge in [-0.05, 0) is 57.7 Å². The molecule has 2 rings (SSSR count). The lowest BCUT2D eigenvalue weighted by Crippen LogP contribution is -2.51. The maximum Gasteiger partial charge on any atom is 0.410 e. The third kappa shape index (κ3) is 6.33. The van der Waals surface area contributed by atoms with Crippen LogP contribution < -0.4 is 5.32 Å². The van der Waals surface area contributed by atoms with E-state index in [1.54, 1.807) is 39.0 Å². The van der Waals surface area contributed by atoms with E-state index in [1.807, 2.05) is 6.07 Å². The molecule has 0 saturated carbocycles. The van der Waals surface area contributed by atoms with Gasteiger partial charge in [0, 0.05) is 30.6 Å². The van der Waals surface area contributed by atoms with Gasteiger partial charge in [0.25, 0.3) is 5.91 Å². The van der Waals surface area contributed by atoms with Crippen molar-refractivity contribution in [2.24, 2.45) is 5.92 Å². The molecule has 1 aliphatic rings. The Morgan fingerprint density at radius 3 is 2.46 bits per heavy atom. The van der Waals surface area contributed by atoms with Crippen molar-refractivity contribution >= 4 is 23.6 Å². The minimum absolute atomic E-state index is 0.0496. The van der Waals surface area contributed by atoms with Gasteiger partial charge >= 0.3 is 12.0 Å². The van der Waals surface area contributed by atoms with Crippen LogP contribution in [0.2, 0.25) is 5.02 Å². The van der Waals surface area contributed by atoms with Crippen LogP contribution in [0.15, 0.2) is 24.3 Å². The van der Waals surface area contributed by atoms with Crippen molar-refractivity contribution in [3.05, 3.63) is 34.9 Å². The highest BCUT2D eigenvalue weighted by Crippen LogP contribution is 2.33. The Morgan fingerprint density at radius 1 is 1.25 bits per heavy atom. The highest BCUT2D eigenvalue weighted by molar-refractivity contribution is 6.30. The Labute approximate surface area is 169 Å². The number of alkyl halides is 2. The van der Waals surface area contributed by atoms with Crippen molar-refractivity contribution in [3.63, 3.8) is 0 Å². The number of piperidine rings is 1. The first-order chi connectivity index (χ1) is 13.0. The fraction of sp³-hybridized carbons (Fsp3) is 0.600. The number of amides is 2. The van der Waals surface area contributed by atoms with Crippen molar-refractivity contribution in [2.45, 2.75) is 51.6 Å². The predicted molar refractivity (Wildman–Crippen MR) is 104 cm³/mol. The molecule has 2 amide bonds. The molecule has 1 fully saturated rings. The summed E-state index contributed by atoms with van der Waals surface area (Å²) < 4.78 is 34.3. The number of hydrogen-bond donors (Lipinski definition) is 1. The second-order valence-corrected chi connectivity index (χ2v) is 8.44. The average molecular weight is 417 g/mol. The Morgan fingerprint density at radius 2 is 1.89 bits per heavy atom. The molecule has 1 saturated heterocycles. The smallest absolute Gasteiger partial charge is 0.410 e. The van der Waals surface area contributed by atoms with Crippen LogP contribution in [-0.4, -0.2) is 48.1 Å². The quantitative estimate of drug-likeness (QED) is 0.779. The number of likely N-dealkylation sites (tertiary alicyclic amines) is 1. The molecule has 1 heterocycles. The van der Waals surface area contributed by atoms with E-state index < -0.39 is 29.4 Å². The molecule has 28 heavy (non-hydrogen) atoms. The molecule has 0 aromatic heterocycles. The van der Waals surface area contributed by atoms with Crippen LogP contribution in [0.1, 0.15) is 39.2 Å². The summed E-state index contributed by atoms with van der Waals surface area (Å²) in [4.78, 5) is 25.5. The molecular weight excluding hydrogens is 390 g/mol. The molecule has 1 N–H and O–H groups in total. The van der Waals surface area contributed by atoms with Gasteiger partial charge < -0.3 is 15.0 Å². The van der Waals surface area contributed by atoms with E-state index in [0.29, 0.717) is 11.4 Å². The number of rotatable bonds is 5. The molecule has 0 unspecified atom stereocenters. The molecule has 0 spiro atoms. The number of benzene rings is 1. The van der Waals surface area contributed by atoms with Crippen LogP contribution in [0, 0.1) is 5.92 Å². The first kappa shape index (κ1) is 22.4. The van der Waals surface area contributed by atoms with E-state index in [9.17, 15) is 18.4 Å². The van der Waals surface area contributed by atoms with Crippen molar-refractivity contribution in [2.75, 3.05) is 19.6 Å². The second kappa shape index (κ2) is 9.07. The minimum Gasteiger partial charge on any atom is -0.444 e. The fourth-order valence-electron chi connectivity index (χ4n) is 3.07. The maximum atomic E-state index is 14.5. The largest absolute Gasteiger partial charge is 0.444 e. The summed E-state index contributed by atoms with van der Waals surface area (Å²) in [6.07, 6.45) is 0.00159. The Hall–Kier alpha value is -1.89. The summed E-state index contributed by atoms with van der Waals surface area (Å²) in [5.41, 5.74) is 0.225. The molecule has 0 atom stereocenters. The fourth-order valence-corrected chi connectivity index (χ4v) is 3.28. The van der Waals surface area contributed by atoms with Gasteiger partial charge in [0.15, 0.2) is 0 Å². The molecule has 5 nitrogen and oxygen atoms in total. The summed E-state index contributed by atoms with van der Waals surface area (Å²) in [7, 11) is 0. The van der Waals surface area contributed by atoms with Gasteiger partial charge in [-0.25, -0.2) is 4.79 Å². The minimum atomic E-state index is -3.48. The van der Waals surface area contributed by atoms with E-state index >= 15 is 0 Å². The van der Waals surface area contributed by atoms with Gasteiger partial charge in [-0.3, -0.25) is 4.79 Å². The molecule has 1 aliphatic heterocycles. The Bertz CT molecular complexity index is 699. The van der Waals surface area contributed by atoms with Gasteiger partial charge in [-0.2, -0.15) is 8.78 Å². The lowest BCUT2D eigenvalue weighted by atomic mass is 9.90. The lowest BCUT2D eigenvalue weighted by Gasteiger charge is -2.35. The number of ether oxygens (including phenoxy) is 1. The van der Waals surface area contributed by atoms with Crippen LogP contribution in [0.3, 0.4) is 0 Å². The van der Waals surface area contributed by atoms with E-state index in [-0.39, 0.29) is 32.5 Å². The highest BCUT2D eigenvalue weighted by Gasteiger charge is 2.48. The van der Waals surface area contributed by atoms with Gasteiger partial charge in [0.05, 0.1) is 0 Å². The number of halogens is 3. The molecule has 0 radical (unpaired) electrons. The SMILES string of the molecule is CC(C)(C)OC(=O)N1CCC(C(F)(F)C(=O)NCCc2cccc(Cl)c2)CC1. The molecule has 1 aromatic rings. The van der Waals surface area contributed by atoms with Crippen molar-refractivity contribution in [1.82, 2.24) is 10.2 Å². The van der Waals surface area contributed by atoms with Crippen LogP contribution in [0.25, 0.3) is 0 Å². The number of nitrogens with zero attached hydrogens (tertiary/aromatic N) is 1. The van der Waals surface area contributed by atoms with E-state index in [4.69, 9.17) is 16.3 Å². The Kier molecular flexibility index (Phi) is 7.26. The Balaban J connectivity index is 1.82. The summed E-state index contributed by atoms with van der Waals surface area (Å²) in [5, 5.41) is 2.88. The normalized spacial score (nSPS) is 16.0. The van der Waals surface area contributed by atoms with Gasteiger partial charge in [0.1, 0.15) is 5.60 Å². The zero-order valence-electron chi connectivity index (χ0n) is 16.4. The van der Waals surface area contributed by atoms with Crippen LogP contribution >= 0.6 is 11.6 Å². The van der Waals surface area contributed by atoms with Gasteiger partial charge in [0.2, 0.25) is 0 Å². The molecule has 0 bridgehead atoms. The third-order valence-corrected chi connectivity index (χ3v) is 4.79. The number of carbonyl (C=O) groups excluding carboxylic acids is 2. The number of carbonyl (C=O) groups is 2. The predicted octanol–water partition coefficient (Wildman–Crippen LogP) is 4.28. The van der Waals surface area contributed by atoms with Crippen molar-refractivity contribution in [3.8, 4) is 0 Å². The molecule has 1 aromatic carbocycles. The van der Waals surface area contributed by atoms with E-state index in [0.717, 1.165) is 5.56 Å². The molecular formula is C20H27ClF2N2O3. The standard InChI is InChI=1S/C20H27ClF2N2O3/c1-19(2,3)28-18(27)25-11-8-15(9-12-25)20(22,23)17(26)24-10-7-14-5-4-6-16(21)13-14/h4-6,13,15H,7-12H2,1-3H3,(H,24,26). The molecule has 156 valence electrons. The van der Waals surface area contributed by atoms with Crippen molar-refractivity contribution < 1.29 is 23.1 Å². The average Bonchev–Trinajstić information content (AvgIpc) is 2.60. The number of hydrogen-bond acceptors (Lipinski definition) is 3. The third-order valence-electron chi connectivity index (χ3n) is 4.55. The summed E-state index contributed by atoms with van der Waals surface area (Å²) in [6, 6.07) is 7.05. The van der Waals surface area contributed by atoms with Gasteiger partial charge in [-0.15, -0.1) is 0 Å². The van der Waals surface area contributed by atoms with Crippen LogP contribution in [0.5, 0.6) is 0 Å². The topological polar surface area (TPSA) is 58.6 Å². The van der Waals surface area contributed by atoms with Crippen LogP contribution in [-0.2, 0) is 16.0 Å². The first-order valence-electron chi connectivity index (χ1n) is 9.37. The zero-order valence-corrected chi connectivity index (χ0v) is 17.2. The van der Waals surface area contributed by atoms with Crippen LogP contribution in [0.4, 0.5) is 13.6 Å². The molecule has 0 aliphatic carbocycles. The number of nitrogens with one attached hydrogen (secondary N) is 1. The van der Waals surface area contributed by atoms with Gasteiger partial charge in [-0.1, -0.05) is 23.7 Å². The summed E-state index contributed by atoms with van der Waals surface area (Å²) in [5.74, 6) is -5.85. The highest BCUT2D eigenvalue weighted by atomic mass is 35.5. The van der Waals surface area contributed by atoms with E-state index in [2.05, 4.69) is 5.32 Å². The van der Waals surface area contributed by atoms with Crippen molar-refractivity contribution in [1.29, 1.82) is 0 Å². The molecule has 8 heteroatoms.